The molecule has 0 aliphatic heterocycles. The number of ketones is 1. The predicted octanol–water partition coefficient (Wildman–Crippen LogP) is 3.22. The van der Waals surface area contributed by atoms with Gasteiger partial charge in [-0.15, -0.1) is 0 Å². The van der Waals surface area contributed by atoms with E-state index in [1.807, 2.05) is 0 Å². The quantitative estimate of drug-likeness (QED) is 0.368. The second-order valence-electron chi connectivity index (χ2n) is 5.06. The summed E-state index contributed by atoms with van der Waals surface area (Å²) in [4.78, 5) is 23.4. The van der Waals surface area contributed by atoms with Crippen LogP contribution in [0.25, 0.3) is 0 Å². The van der Waals surface area contributed by atoms with Gasteiger partial charge in [-0.25, -0.2) is 0 Å². The average Bonchev–Trinajstić information content (AvgIpc) is 2.37. The first-order valence-corrected chi connectivity index (χ1v) is 6.91. The third-order valence-electron chi connectivity index (χ3n) is 2.42. The van der Waals surface area contributed by atoms with Gasteiger partial charge in [0.25, 0.3) is 0 Å². The third-order valence-corrected chi connectivity index (χ3v) is 2.93. The molecule has 0 heterocycles. The predicted molar refractivity (Wildman–Crippen MR) is 76.2 cm³/mol. The first-order chi connectivity index (χ1) is 8.79. The van der Waals surface area contributed by atoms with Crippen LogP contribution in [0.3, 0.4) is 0 Å². The molecule has 5 heteroatoms. The van der Waals surface area contributed by atoms with Gasteiger partial charge in [-0.1, -0.05) is 15.9 Å². The number of hydrogen-bond donors (Lipinski definition) is 0. The summed E-state index contributed by atoms with van der Waals surface area (Å²) in [6.07, 6.45) is 0. The van der Waals surface area contributed by atoms with Crippen molar-refractivity contribution in [3.05, 3.63) is 23.8 Å². The summed E-state index contributed by atoms with van der Waals surface area (Å²) >= 11 is 3.11. The van der Waals surface area contributed by atoms with Crippen molar-refractivity contribution >= 4 is 27.7 Å². The molecule has 0 saturated heterocycles. The zero-order valence-corrected chi connectivity index (χ0v) is 13.0. The lowest BCUT2D eigenvalue weighted by Gasteiger charge is -2.17. The average molecular weight is 329 g/mol. The Bertz CT molecular complexity index is 489. The number of esters is 1. The molecule has 0 N–H and O–H groups in total. The highest BCUT2D eigenvalue weighted by Gasteiger charge is 2.25. The van der Waals surface area contributed by atoms with Crippen molar-refractivity contribution in [1.29, 1.82) is 0 Å². The lowest BCUT2D eigenvalue weighted by atomic mass is 9.97. The van der Waals surface area contributed by atoms with E-state index in [2.05, 4.69) is 15.9 Å². The molecule has 4 nitrogen and oxygen atoms in total. The molecule has 0 spiro atoms. The highest BCUT2D eigenvalue weighted by molar-refractivity contribution is 9.09. The van der Waals surface area contributed by atoms with Crippen LogP contribution in [0.15, 0.2) is 18.2 Å². The van der Waals surface area contributed by atoms with Crippen molar-refractivity contribution in [3.8, 4) is 11.5 Å². The highest BCUT2D eigenvalue weighted by atomic mass is 79.9. The van der Waals surface area contributed by atoms with E-state index in [1.165, 1.54) is 7.11 Å². The molecular formula is C14H17BrO4. The van der Waals surface area contributed by atoms with Crippen molar-refractivity contribution < 1.29 is 19.1 Å². The Labute approximate surface area is 121 Å². The molecule has 1 aromatic carbocycles. The maximum atomic E-state index is 11.8. The van der Waals surface area contributed by atoms with Crippen molar-refractivity contribution in [1.82, 2.24) is 0 Å². The standard InChI is InChI=1S/C14H17BrO4/c1-14(2,3)13(17)19-11-6-5-9(10(16)8-15)7-12(11)18-4/h5-7H,8H2,1-4H3. The molecule has 0 saturated carbocycles. The number of hydrogen-bond acceptors (Lipinski definition) is 4. The number of methoxy groups -OCH3 is 1. The van der Waals surface area contributed by atoms with Gasteiger partial charge in [0.15, 0.2) is 17.3 Å². The minimum Gasteiger partial charge on any atom is -0.493 e. The van der Waals surface area contributed by atoms with Gasteiger partial charge < -0.3 is 9.47 Å². The molecule has 0 aliphatic carbocycles. The second kappa shape index (κ2) is 6.19. The van der Waals surface area contributed by atoms with E-state index in [0.29, 0.717) is 17.1 Å². The summed E-state index contributed by atoms with van der Waals surface area (Å²) in [6, 6.07) is 4.74. The Morgan fingerprint density at radius 3 is 2.32 bits per heavy atom. The van der Waals surface area contributed by atoms with Crippen molar-refractivity contribution in [2.45, 2.75) is 20.8 Å². The fourth-order valence-corrected chi connectivity index (χ4v) is 1.58. The molecule has 104 valence electrons. The van der Waals surface area contributed by atoms with E-state index in [4.69, 9.17) is 9.47 Å². The summed E-state index contributed by atoms with van der Waals surface area (Å²) < 4.78 is 10.4. The number of ether oxygens (including phenoxy) is 2. The molecule has 0 amide bonds. The Balaban J connectivity index is 3.03. The molecule has 0 aromatic heterocycles. The maximum absolute atomic E-state index is 11.8. The zero-order chi connectivity index (χ0) is 14.6. The Kier molecular flexibility index (Phi) is 5.11. The number of rotatable bonds is 4. The van der Waals surface area contributed by atoms with Crippen LogP contribution >= 0.6 is 15.9 Å². The molecule has 1 aromatic rings. The van der Waals surface area contributed by atoms with Crippen LogP contribution in [0.4, 0.5) is 0 Å². The van der Waals surface area contributed by atoms with Crippen LogP contribution < -0.4 is 9.47 Å². The summed E-state index contributed by atoms with van der Waals surface area (Å²) in [5.41, 5.74) is -0.0979. The van der Waals surface area contributed by atoms with E-state index in [1.54, 1.807) is 39.0 Å². The molecule has 19 heavy (non-hydrogen) atoms. The summed E-state index contributed by atoms with van der Waals surface area (Å²) in [7, 11) is 1.46. The lowest BCUT2D eigenvalue weighted by molar-refractivity contribution is -0.143. The molecule has 0 atom stereocenters. The van der Waals surface area contributed by atoms with Gasteiger partial charge in [0.2, 0.25) is 0 Å². The van der Waals surface area contributed by atoms with Crippen molar-refractivity contribution in [3.63, 3.8) is 0 Å². The molecule has 0 unspecified atom stereocenters. The monoisotopic (exact) mass is 328 g/mol. The molecular weight excluding hydrogens is 312 g/mol. The minimum atomic E-state index is -0.602. The summed E-state index contributed by atoms with van der Waals surface area (Å²) in [6.45, 7) is 5.31. The summed E-state index contributed by atoms with van der Waals surface area (Å²) in [5.74, 6) is 0.260. The van der Waals surface area contributed by atoms with Crippen molar-refractivity contribution in [2.75, 3.05) is 12.4 Å². The Hall–Kier alpha value is -1.36. The third kappa shape index (κ3) is 4.06. The van der Waals surface area contributed by atoms with Gasteiger partial charge in [0, 0.05) is 5.56 Å². The van der Waals surface area contributed by atoms with Gasteiger partial charge in [-0.2, -0.15) is 0 Å². The van der Waals surface area contributed by atoms with Crippen molar-refractivity contribution in [2.24, 2.45) is 5.41 Å². The first-order valence-electron chi connectivity index (χ1n) is 5.79. The van der Waals surface area contributed by atoms with Gasteiger partial charge in [0.05, 0.1) is 17.9 Å². The molecule has 0 fully saturated rings. The SMILES string of the molecule is COc1cc(C(=O)CBr)ccc1OC(=O)C(C)(C)C. The number of carbonyl (C=O) groups is 2. The fraction of sp³-hybridized carbons (Fsp3) is 0.429. The molecule has 0 aliphatic rings. The largest absolute Gasteiger partial charge is 0.493 e. The maximum Gasteiger partial charge on any atom is 0.316 e. The van der Waals surface area contributed by atoms with E-state index < -0.39 is 5.41 Å². The second-order valence-corrected chi connectivity index (χ2v) is 5.62. The van der Waals surface area contributed by atoms with Gasteiger partial charge in [0.1, 0.15) is 0 Å². The number of Topliss-reactive ketones (excluding diaryl/α,β-unsaturated/α-hetero) is 1. The van der Waals surface area contributed by atoms with E-state index in [0.717, 1.165) is 0 Å². The number of benzene rings is 1. The fourth-order valence-electron chi connectivity index (χ4n) is 1.26. The van der Waals surface area contributed by atoms with E-state index in [-0.39, 0.29) is 17.1 Å². The lowest BCUT2D eigenvalue weighted by Crippen LogP contribution is -2.25. The Morgan fingerprint density at radius 2 is 1.84 bits per heavy atom. The van der Waals surface area contributed by atoms with E-state index in [9.17, 15) is 9.59 Å². The smallest absolute Gasteiger partial charge is 0.316 e. The molecule has 1 rings (SSSR count). The number of carbonyl (C=O) groups excluding carboxylic acids is 2. The molecule has 0 bridgehead atoms. The van der Waals surface area contributed by atoms with Crippen LogP contribution in [-0.4, -0.2) is 24.2 Å². The summed E-state index contributed by atoms with van der Waals surface area (Å²) in [5, 5.41) is 0.233. The Morgan fingerprint density at radius 1 is 1.21 bits per heavy atom. The highest BCUT2D eigenvalue weighted by Crippen LogP contribution is 2.30. The minimum absolute atomic E-state index is 0.0630. The first kappa shape index (κ1) is 15.7. The number of halogens is 1. The van der Waals surface area contributed by atoms with Crippen LogP contribution in [-0.2, 0) is 4.79 Å². The van der Waals surface area contributed by atoms with Gasteiger partial charge in [-0.3, -0.25) is 9.59 Å². The van der Waals surface area contributed by atoms with Crippen LogP contribution in [0.2, 0.25) is 0 Å². The molecule has 0 radical (unpaired) electrons. The van der Waals surface area contributed by atoms with Gasteiger partial charge >= 0.3 is 5.97 Å². The van der Waals surface area contributed by atoms with Crippen LogP contribution in [0.5, 0.6) is 11.5 Å². The van der Waals surface area contributed by atoms with Crippen LogP contribution in [0.1, 0.15) is 31.1 Å². The normalized spacial score (nSPS) is 11.0. The van der Waals surface area contributed by atoms with Gasteiger partial charge in [-0.05, 0) is 39.0 Å². The number of alkyl halides is 1. The zero-order valence-electron chi connectivity index (χ0n) is 11.5. The van der Waals surface area contributed by atoms with Crippen LogP contribution in [0, 0.1) is 5.41 Å². The topological polar surface area (TPSA) is 52.6 Å². The van der Waals surface area contributed by atoms with E-state index >= 15 is 0 Å².